The first kappa shape index (κ1) is 19.1. The van der Waals surface area contributed by atoms with Gasteiger partial charge < -0.3 is 19.5 Å². The molecule has 2 aromatic carbocycles. The minimum Gasteiger partial charge on any atom is -0.507 e. The molecule has 0 spiro atoms. The summed E-state index contributed by atoms with van der Waals surface area (Å²) >= 11 is 0. The number of nitrogens with zero attached hydrogens (tertiary/aromatic N) is 1. The maximum absolute atomic E-state index is 12.9. The van der Waals surface area contributed by atoms with Gasteiger partial charge in [-0.25, -0.2) is 0 Å². The SMILES string of the molecule is CCCN1C(=O)C(=O)/C(=C(/O)c2ccc3c(c2)CCO3)C1c1ccccc1OC. The molecule has 6 heteroatoms. The molecule has 1 atom stereocenters. The Morgan fingerprint density at radius 3 is 2.79 bits per heavy atom. The molecule has 2 aromatic rings. The fourth-order valence-corrected chi connectivity index (χ4v) is 4.06. The van der Waals surface area contributed by atoms with Crippen LogP contribution in [0.1, 0.15) is 36.1 Å². The Balaban J connectivity index is 1.89. The number of amides is 1. The average Bonchev–Trinajstić information content (AvgIpc) is 3.31. The van der Waals surface area contributed by atoms with Crippen molar-refractivity contribution in [2.24, 2.45) is 0 Å². The first-order valence-electron chi connectivity index (χ1n) is 9.74. The topological polar surface area (TPSA) is 76.1 Å². The van der Waals surface area contributed by atoms with Gasteiger partial charge in [-0.3, -0.25) is 9.59 Å². The van der Waals surface area contributed by atoms with Gasteiger partial charge in [-0.1, -0.05) is 25.1 Å². The highest BCUT2D eigenvalue weighted by molar-refractivity contribution is 6.46. The zero-order valence-electron chi connectivity index (χ0n) is 16.5. The van der Waals surface area contributed by atoms with Crippen molar-refractivity contribution in [3.05, 3.63) is 64.7 Å². The number of hydrogen-bond donors (Lipinski definition) is 1. The molecule has 150 valence electrons. The number of Topliss-reactive ketones (excluding diaryl/α,β-unsaturated/α-hetero) is 1. The molecular weight excluding hydrogens is 370 g/mol. The second-order valence-corrected chi connectivity index (χ2v) is 7.16. The number of likely N-dealkylation sites (tertiary alicyclic amines) is 1. The van der Waals surface area contributed by atoms with Crippen molar-refractivity contribution in [2.75, 3.05) is 20.3 Å². The number of para-hydroxylation sites is 1. The Labute approximate surface area is 169 Å². The fraction of sp³-hybridized carbons (Fsp3) is 0.304. The van der Waals surface area contributed by atoms with Crippen LogP contribution in [0.5, 0.6) is 11.5 Å². The first-order chi connectivity index (χ1) is 14.1. The molecule has 2 heterocycles. The summed E-state index contributed by atoms with van der Waals surface area (Å²) in [6.45, 7) is 2.95. The number of hydrogen-bond acceptors (Lipinski definition) is 5. The van der Waals surface area contributed by atoms with Crippen LogP contribution in [0, 0.1) is 0 Å². The van der Waals surface area contributed by atoms with Crippen molar-refractivity contribution in [3.8, 4) is 11.5 Å². The van der Waals surface area contributed by atoms with E-state index >= 15 is 0 Å². The Morgan fingerprint density at radius 1 is 1.24 bits per heavy atom. The van der Waals surface area contributed by atoms with Crippen LogP contribution in [0.3, 0.4) is 0 Å². The molecule has 1 amide bonds. The summed E-state index contributed by atoms with van der Waals surface area (Å²) in [7, 11) is 1.55. The molecule has 0 saturated carbocycles. The molecule has 29 heavy (non-hydrogen) atoms. The van der Waals surface area contributed by atoms with Crippen LogP contribution in [0.25, 0.3) is 5.76 Å². The van der Waals surface area contributed by atoms with E-state index in [0.717, 1.165) is 17.7 Å². The molecule has 1 fully saturated rings. The highest BCUT2D eigenvalue weighted by atomic mass is 16.5. The van der Waals surface area contributed by atoms with Crippen molar-refractivity contribution in [2.45, 2.75) is 25.8 Å². The molecule has 2 aliphatic rings. The highest BCUT2D eigenvalue weighted by Crippen LogP contribution is 2.43. The number of ketones is 1. The van der Waals surface area contributed by atoms with Gasteiger partial charge in [-0.2, -0.15) is 0 Å². The van der Waals surface area contributed by atoms with Crippen molar-refractivity contribution in [1.82, 2.24) is 4.90 Å². The maximum atomic E-state index is 12.9. The number of aliphatic hydroxyl groups excluding tert-OH is 1. The first-order valence-corrected chi connectivity index (χ1v) is 9.74. The van der Waals surface area contributed by atoms with E-state index in [4.69, 9.17) is 9.47 Å². The summed E-state index contributed by atoms with van der Waals surface area (Å²) in [6, 6.07) is 11.9. The van der Waals surface area contributed by atoms with Gasteiger partial charge in [0.1, 0.15) is 17.3 Å². The van der Waals surface area contributed by atoms with Crippen LogP contribution in [0.4, 0.5) is 0 Å². The number of methoxy groups -OCH3 is 1. The summed E-state index contributed by atoms with van der Waals surface area (Å²) < 4.78 is 11.0. The zero-order chi connectivity index (χ0) is 20.5. The second kappa shape index (κ2) is 7.62. The average molecular weight is 393 g/mol. The van der Waals surface area contributed by atoms with Gasteiger partial charge in [0.2, 0.25) is 0 Å². The van der Waals surface area contributed by atoms with E-state index in [1.165, 1.54) is 4.90 Å². The van der Waals surface area contributed by atoms with E-state index in [1.54, 1.807) is 25.3 Å². The number of benzene rings is 2. The molecule has 4 rings (SSSR count). The monoisotopic (exact) mass is 393 g/mol. The van der Waals surface area contributed by atoms with E-state index in [1.807, 2.05) is 31.2 Å². The third-order valence-electron chi connectivity index (χ3n) is 5.40. The molecule has 1 N–H and O–H groups in total. The molecule has 1 unspecified atom stereocenters. The van der Waals surface area contributed by atoms with E-state index < -0.39 is 17.7 Å². The number of rotatable bonds is 5. The molecule has 0 bridgehead atoms. The van der Waals surface area contributed by atoms with Crippen molar-refractivity contribution in [3.63, 3.8) is 0 Å². The Hall–Kier alpha value is -3.28. The highest BCUT2D eigenvalue weighted by Gasteiger charge is 2.46. The lowest BCUT2D eigenvalue weighted by Gasteiger charge is -2.26. The molecule has 1 saturated heterocycles. The molecule has 0 radical (unpaired) electrons. The third kappa shape index (κ3) is 3.14. The summed E-state index contributed by atoms with van der Waals surface area (Å²) in [5.74, 6) is -0.104. The van der Waals surface area contributed by atoms with Gasteiger partial charge in [-0.15, -0.1) is 0 Å². The molecule has 2 aliphatic heterocycles. The second-order valence-electron chi connectivity index (χ2n) is 7.16. The van der Waals surface area contributed by atoms with Crippen LogP contribution < -0.4 is 9.47 Å². The van der Waals surface area contributed by atoms with E-state index in [9.17, 15) is 14.7 Å². The van der Waals surface area contributed by atoms with Crippen LogP contribution in [0.2, 0.25) is 0 Å². The zero-order valence-corrected chi connectivity index (χ0v) is 16.5. The lowest BCUT2D eigenvalue weighted by atomic mass is 9.94. The summed E-state index contributed by atoms with van der Waals surface area (Å²) in [5.41, 5.74) is 2.25. The summed E-state index contributed by atoms with van der Waals surface area (Å²) in [4.78, 5) is 27.2. The number of ether oxygens (including phenoxy) is 2. The quantitative estimate of drug-likeness (QED) is 0.478. The van der Waals surface area contributed by atoms with Gasteiger partial charge in [-0.05, 0) is 36.2 Å². The van der Waals surface area contributed by atoms with Gasteiger partial charge >= 0.3 is 0 Å². The van der Waals surface area contributed by atoms with Gasteiger partial charge in [0.05, 0.1) is 25.3 Å². The van der Waals surface area contributed by atoms with Crippen molar-refractivity contribution >= 4 is 17.4 Å². The largest absolute Gasteiger partial charge is 0.507 e. The van der Waals surface area contributed by atoms with Crippen LogP contribution in [-0.2, 0) is 16.0 Å². The van der Waals surface area contributed by atoms with Crippen molar-refractivity contribution < 1.29 is 24.2 Å². The summed E-state index contributed by atoms with van der Waals surface area (Å²) in [6.07, 6.45) is 1.44. The predicted molar refractivity (Wildman–Crippen MR) is 108 cm³/mol. The third-order valence-corrected chi connectivity index (χ3v) is 5.40. The van der Waals surface area contributed by atoms with Crippen molar-refractivity contribution in [1.29, 1.82) is 0 Å². The van der Waals surface area contributed by atoms with E-state index in [-0.39, 0.29) is 11.3 Å². The minimum atomic E-state index is -0.699. The predicted octanol–water partition coefficient (Wildman–Crippen LogP) is 3.46. The molecule has 0 aliphatic carbocycles. The molecule has 0 aromatic heterocycles. The lowest BCUT2D eigenvalue weighted by Crippen LogP contribution is -2.30. The normalized spacial score (nSPS) is 19.9. The Kier molecular flexibility index (Phi) is 5.01. The van der Waals surface area contributed by atoms with E-state index in [0.29, 0.717) is 36.4 Å². The van der Waals surface area contributed by atoms with Gasteiger partial charge in [0, 0.05) is 24.1 Å². The standard InChI is InChI=1S/C23H23NO5/c1-3-11-24-20(16-6-4-5-7-18(16)28-2)19(22(26)23(24)27)21(25)15-8-9-17-14(13-15)10-12-29-17/h4-9,13,20,25H,3,10-12H2,1-2H3/b21-19+. The lowest BCUT2D eigenvalue weighted by molar-refractivity contribution is -0.139. The fourth-order valence-electron chi connectivity index (χ4n) is 4.06. The van der Waals surface area contributed by atoms with E-state index in [2.05, 4.69) is 0 Å². The number of carbonyl (C=O) groups excluding carboxylic acids is 2. The number of fused-ring (bicyclic) bond motifs is 1. The number of carbonyl (C=O) groups is 2. The van der Waals surface area contributed by atoms with Gasteiger partial charge in [0.25, 0.3) is 11.7 Å². The maximum Gasteiger partial charge on any atom is 0.295 e. The van der Waals surface area contributed by atoms with Crippen LogP contribution in [0.15, 0.2) is 48.0 Å². The Bertz CT molecular complexity index is 1010. The Morgan fingerprint density at radius 2 is 2.03 bits per heavy atom. The minimum absolute atomic E-state index is 0.0896. The smallest absolute Gasteiger partial charge is 0.295 e. The van der Waals surface area contributed by atoms with Crippen LogP contribution in [-0.4, -0.2) is 42.0 Å². The molecular formula is C23H23NO5. The van der Waals surface area contributed by atoms with Gasteiger partial charge in [0.15, 0.2) is 0 Å². The van der Waals surface area contributed by atoms with Crippen LogP contribution >= 0.6 is 0 Å². The number of aliphatic hydroxyl groups is 1. The molecule has 6 nitrogen and oxygen atoms in total. The summed E-state index contributed by atoms with van der Waals surface area (Å²) in [5, 5.41) is 11.1.